The topological polar surface area (TPSA) is 55.2 Å². The lowest BCUT2D eigenvalue weighted by Gasteiger charge is -2.29. The number of anilines is 1. The highest BCUT2D eigenvalue weighted by molar-refractivity contribution is 9.10. The van der Waals surface area contributed by atoms with Gasteiger partial charge in [0.25, 0.3) is 5.69 Å². The summed E-state index contributed by atoms with van der Waals surface area (Å²) in [6.45, 7) is 8.82. The fourth-order valence-corrected chi connectivity index (χ4v) is 1.69. The number of hydrogen-bond donors (Lipinski definition) is 1. The molecule has 4 nitrogen and oxygen atoms in total. The van der Waals surface area contributed by atoms with Crippen molar-refractivity contribution in [2.75, 3.05) is 11.9 Å². The monoisotopic (exact) mass is 332 g/mol. The molecule has 0 aromatic heterocycles. The van der Waals surface area contributed by atoms with E-state index < -0.39 is 10.7 Å². The SMILES string of the molecule is CC(C)C(C)(C)CNc1cc(F)c(Br)cc1[N+](=O)[O-]. The van der Waals surface area contributed by atoms with Crippen LogP contribution in [0.15, 0.2) is 16.6 Å². The van der Waals surface area contributed by atoms with Gasteiger partial charge < -0.3 is 5.32 Å². The second-order valence-electron chi connectivity index (χ2n) is 5.54. The van der Waals surface area contributed by atoms with Crippen molar-refractivity contribution < 1.29 is 9.31 Å². The predicted octanol–water partition coefficient (Wildman–Crippen LogP) is 4.59. The molecule has 0 unspecified atom stereocenters. The average molecular weight is 333 g/mol. The van der Waals surface area contributed by atoms with Crippen LogP contribution >= 0.6 is 15.9 Å². The molecule has 19 heavy (non-hydrogen) atoms. The predicted molar refractivity (Wildman–Crippen MR) is 77.9 cm³/mol. The Kier molecular flexibility index (Phi) is 4.90. The Hall–Kier alpha value is -1.17. The highest BCUT2D eigenvalue weighted by atomic mass is 79.9. The first kappa shape index (κ1) is 15.9. The molecule has 0 atom stereocenters. The van der Waals surface area contributed by atoms with Gasteiger partial charge in [-0.1, -0.05) is 27.7 Å². The van der Waals surface area contributed by atoms with Crippen LogP contribution in [0, 0.1) is 27.3 Å². The van der Waals surface area contributed by atoms with E-state index >= 15 is 0 Å². The lowest BCUT2D eigenvalue weighted by Crippen LogP contribution is -2.28. The molecule has 0 saturated heterocycles. The zero-order valence-electron chi connectivity index (χ0n) is 11.5. The highest BCUT2D eigenvalue weighted by Crippen LogP contribution is 2.33. The number of nitro groups is 1. The van der Waals surface area contributed by atoms with Gasteiger partial charge in [-0.15, -0.1) is 0 Å². The third kappa shape index (κ3) is 3.89. The summed E-state index contributed by atoms with van der Waals surface area (Å²) in [5.41, 5.74) is 0.0319. The molecule has 0 spiro atoms. The van der Waals surface area contributed by atoms with E-state index in [-0.39, 0.29) is 21.3 Å². The van der Waals surface area contributed by atoms with E-state index in [2.05, 4.69) is 48.9 Å². The van der Waals surface area contributed by atoms with Crippen LogP contribution < -0.4 is 5.32 Å². The van der Waals surface area contributed by atoms with Gasteiger partial charge in [0, 0.05) is 18.7 Å². The Labute approximate surface area is 120 Å². The third-order valence-electron chi connectivity index (χ3n) is 3.53. The van der Waals surface area contributed by atoms with Crippen LogP contribution in [0.1, 0.15) is 27.7 Å². The maximum Gasteiger partial charge on any atom is 0.293 e. The maximum absolute atomic E-state index is 13.5. The molecular formula is C13H18BrFN2O2. The van der Waals surface area contributed by atoms with E-state index in [1.165, 1.54) is 6.07 Å². The molecule has 0 bridgehead atoms. The van der Waals surface area contributed by atoms with Gasteiger partial charge in [-0.2, -0.15) is 0 Å². The van der Waals surface area contributed by atoms with E-state index in [0.717, 1.165) is 6.07 Å². The molecule has 1 rings (SSSR count). The molecule has 0 heterocycles. The molecular weight excluding hydrogens is 315 g/mol. The molecule has 0 aliphatic rings. The Morgan fingerprint density at radius 3 is 2.53 bits per heavy atom. The fraction of sp³-hybridized carbons (Fsp3) is 0.538. The van der Waals surface area contributed by atoms with Crippen molar-refractivity contribution in [2.24, 2.45) is 11.3 Å². The van der Waals surface area contributed by atoms with Crippen molar-refractivity contribution >= 4 is 27.3 Å². The highest BCUT2D eigenvalue weighted by Gasteiger charge is 2.24. The lowest BCUT2D eigenvalue weighted by molar-refractivity contribution is -0.384. The summed E-state index contributed by atoms with van der Waals surface area (Å²) < 4.78 is 13.6. The van der Waals surface area contributed by atoms with Crippen molar-refractivity contribution in [2.45, 2.75) is 27.7 Å². The zero-order valence-corrected chi connectivity index (χ0v) is 13.0. The van der Waals surface area contributed by atoms with Crippen LogP contribution in [-0.2, 0) is 0 Å². The molecule has 1 aromatic rings. The van der Waals surface area contributed by atoms with Gasteiger partial charge in [0.2, 0.25) is 0 Å². The van der Waals surface area contributed by atoms with Gasteiger partial charge in [0.15, 0.2) is 0 Å². The minimum Gasteiger partial charge on any atom is -0.379 e. The summed E-state index contributed by atoms with van der Waals surface area (Å²) in [5.74, 6) is -0.116. The minimum absolute atomic E-state index is 0.0442. The quantitative estimate of drug-likeness (QED) is 0.633. The summed E-state index contributed by atoms with van der Waals surface area (Å²) in [6, 6.07) is 2.33. The second-order valence-corrected chi connectivity index (χ2v) is 6.39. The number of nitro benzene ring substituents is 1. The van der Waals surface area contributed by atoms with Gasteiger partial charge in [-0.25, -0.2) is 4.39 Å². The van der Waals surface area contributed by atoms with Crippen molar-refractivity contribution in [3.63, 3.8) is 0 Å². The Morgan fingerprint density at radius 1 is 1.47 bits per heavy atom. The molecule has 1 N–H and O–H groups in total. The summed E-state index contributed by atoms with van der Waals surface area (Å²) >= 11 is 2.96. The number of rotatable bonds is 5. The molecule has 0 saturated carbocycles. The van der Waals surface area contributed by atoms with Crippen molar-refractivity contribution in [3.05, 3.63) is 32.5 Å². The first-order valence-corrected chi connectivity index (χ1v) is 6.81. The standard InChI is InChI=1S/C13H18BrFN2O2/c1-8(2)13(3,4)7-16-11-6-10(15)9(14)5-12(11)17(18)19/h5-6,8,16H,7H2,1-4H3. The number of benzene rings is 1. The van der Waals surface area contributed by atoms with Crippen LogP contribution in [0.2, 0.25) is 0 Å². The Balaban J connectivity index is 3.01. The number of nitrogens with one attached hydrogen (secondary N) is 1. The Bertz CT molecular complexity index is 490. The van der Waals surface area contributed by atoms with Crippen LogP contribution in [0.25, 0.3) is 0 Å². The number of nitrogens with zero attached hydrogens (tertiary/aromatic N) is 1. The van der Waals surface area contributed by atoms with Crippen molar-refractivity contribution in [1.82, 2.24) is 0 Å². The molecule has 0 radical (unpaired) electrons. The first-order chi connectivity index (χ1) is 8.65. The van der Waals surface area contributed by atoms with E-state index in [1.807, 2.05) is 0 Å². The van der Waals surface area contributed by atoms with E-state index in [9.17, 15) is 14.5 Å². The summed E-state index contributed by atoms with van der Waals surface area (Å²) in [4.78, 5) is 10.4. The van der Waals surface area contributed by atoms with Crippen LogP contribution in [0.5, 0.6) is 0 Å². The van der Waals surface area contributed by atoms with Gasteiger partial charge in [0.05, 0.1) is 9.40 Å². The van der Waals surface area contributed by atoms with Crippen molar-refractivity contribution in [3.8, 4) is 0 Å². The summed E-state index contributed by atoms with van der Waals surface area (Å²) in [6.07, 6.45) is 0. The van der Waals surface area contributed by atoms with Gasteiger partial charge >= 0.3 is 0 Å². The largest absolute Gasteiger partial charge is 0.379 e. The zero-order chi connectivity index (χ0) is 14.8. The molecule has 6 heteroatoms. The number of halogens is 2. The molecule has 0 amide bonds. The second kappa shape index (κ2) is 5.86. The molecule has 0 fully saturated rings. The normalized spacial score (nSPS) is 11.7. The van der Waals surface area contributed by atoms with E-state index in [1.54, 1.807) is 0 Å². The average Bonchev–Trinajstić information content (AvgIpc) is 2.29. The third-order valence-corrected chi connectivity index (χ3v) is 4.14. The summed E-state index contributed by atoms with van der Waals surface area (Å²) in [7, 11) is 0. The van der Waals surface area contributed by atoms with Crippen molar-refractivity contribution in [1.29, 1.82) is 0 Å². The van der Waals surface area contributed by atoms with Gasteiger partial charge in [0.1, 0.15) is 11.5 Å². The van der Waals surface area contributed by atoms with Crippen LogP contribution in [-0.4, -0.2) is 11.5 Å². The van der Waals surface area contributed by atoms with Crippen LogP contribution in [0.3, 0.4) is 0 Å². The molecule has 106 valence electrons. The molecule has 1 aromatic carbocycles. The van der Waals surface area contributed by atoms with Crippen LogP contribution in [0.4, 0.5) is 15.8 Å². The molecule has 0 aliphatic heterocycles. The van der Waals surface area contributed by atoms with E-state index in [4.69, 9.17) is 0 Å². The first-order valence-electron chi connectivity index (χ1n) is 6.02. The van der Waals surface area contributed by atoms with Gasteiger partial charge in [-0.3, -0.25) is 10.1 Å². The Morgan fingerprint density at radius 2 is 2.05 bits per heavy atom. The fourth-order valence-electron chi connectivity index (χ4n) is 1.36. The molecule has 0 aliphatic carbocycles. The van der Waals surface area contributed by atoms with Gasteiger partial charge in [-0.05, 0) is 27.3 Å². The maximum atomic E-state index is 13.5. The lowest BCUT2D eigenvalue weighted by atomic mass is 9.81. The minimum atomic E-state index is -0.519. The van der Waals surface area contributed by atoms with E-state index in [0.29, 0.717) is 12.5 Å². The smallest absolute Gasteiger partial charge is 0.293 e. The number of hydrogen-bond acceptors (Lipinski definition) is 3. The summed E-state index contributed by atoms with van der Waals surface area (Å²) in [5, 5.41) is 13.9.